The molecule has 0 atom stereocenters. The molecule has 0 aliphatic carbocycles. The quantitative estimate of drug-likeness (QED) is 0.540. The van der Waals surface area contributed by atoms with E-state index in [4.69, 9.17) is 14.2 Å². The molecular weight excluding hydrogens is 337 g/mol. The molecule has 6 heteroatoms. The highest BCUT2D eigenvalue weighted by Gasteiger charge is 2.03. The third kappa shape index (κ3) is 6.94. The number of hydrogen-bond donors (Lipinski definition) is 1. The van der Waals surface area contributed by atoms with Crippen LogP contribution in [0.1, 0.15) is 17.5 Å². The topological polar surface area (TPSA) is 56.8 Å². The minimum absolute atomic E-state index is 0.0701. The van der Waals surface area contributed by atoms with Crippen LogP contribution in [0.25, 0.3) is 6.08 Å². The number of alkyl carbamates (subject to hydrolysis) is 1. The van der Waals surface area contributed by atoms with Crippen LogP contribution in [0.4, 0.5) is 9.18 Å². The van der Waals surface area contributed by atoms with E-state index in [-0.39, 0.29) is 19.2 Å². The van der Waals surface area contributed by atoms with Gasteiger partial charge >= 0.3 is 6.09 Å². The van der Waals surface area contributed by atoms with E-state index < -0.39 is 6.09 Å². The Labute approximate surface area is 152 Å². The van der Waals surface area contributed by atoms with E-state index in [0.717, 1.165) is 5.56 Å². The molecule has 0 aromatic heterocycles. The zero-order valence-electron chi connectivity index (χ0n) is 14.6. The highest BCUT2D eigenvalue weighted by atomic mass is 19.1. The van der Waals surface area contributed by atoms with Gasteiger partial charge in [-0.2, -0.15) is 0 Å². The lowest BCUT2D eigenvalue weighted by Crippen LogP contribution is -2.24. The number of amides is 1. The number of carbonyl (C=O) groups is 1. The molecule has 26 heavy (non-hydrogen) atoms. The highest BCUT2D eigenvalue weighted by Crippen LogP contribution is 2.18. The number of hydrogen-bond acceptors (Lipinski definition) is 4. The van der Waals surface area contributed by atoms with Crippen molar-refractivity contribution in [2.24, 2.45) is 0 Å². The summed E-state index contributed by atoms with van der Waals surface area (Å²) in [5, 5.41) is 2.65. The zero-order chi connectivity index (χ0) is 18.6. The SMILES string of the molecule is COCOc1ccc(C=CCCNC(=O)OCc2ccccc2)c(F)c1. The van der Waals surface area contributed by atoms with Crippen LogP contribution in [0.2, 0.25) is 0 Å². The van der Waals surface area contributed by atoms with E-state index in [9.17, 15) is 9.18 Å². The largest absolute Gasteiger partial charge is 0.467 e. The van der Waals surface area contributed by atoms with Gasteiger partial charge < -0.3 is 19.5 Å². The van der Waals surface area contributed by atoms with Crippen molar-refractivity contribution in [3.8, 4) is 5.75 Å². The van der Waals surface area contributed by atoms with Gasteiger partial charge in [-0.25, -0.2) is 9.18 Å². The highest BCUT2D eigenvalue weighted by molar-refractivity contribution is 5.67. The Kier molecular flexibility index (Phi) is 8.15. The van der Waals surface area contributed by atoms with E-state index in [0.29, 0.717) is 24.3 Å². The van der Waals surface area contributed by atoms with Gasteiger partial charge in [-0.05, 0) is 24.1 Å². The van der Waals surface area contributed by atoms with Crippen molar-refractivity contribution in [3.05, 3.63) is 71.6 Å². The third-order valence-corrected chi connectivity index (χ3v) is 3.41. The first-order valence-corrected chi connectivity index (χ1v) is 8.21. The molecule has 1 N–H and O–H groups in total. The summed E-state index contributed by atoms with van der Waals surface area (Å²) in [4.78, 5) is 11.6. The minimum atomic E-state index is -0.479. The predicted molar refractivity (Wildman–Crippen MR) is 97.2 cm³/mol. The van der Waals surface area contributed by atoms with Gasteiger partial charge in [0.15, 0.2) is 6.79 Å². The molecule has 0 saturated carbocycles. The molecule has 0 radical (unpaired) electrons. The molecule has 0 heterocycles. The van der Waals surface area contributed by atoms with Crippen LogP contribution in [0.3, 0.4) is 0 Å². The van der Waals surface area contributed by atoms with Crippen molar-refractivity contribution >= 4 is 12.2 Å². The fourth-order valence-corrected chi connectivity index (χ4v) is 2.10. The standard InChI is InChI=1S/C20H22FNO4/c1-24-15-26-18-11-10-17(19(21)13-18)9-5-6-12-22-20(23)25-14-16-7-3-2-4-8-16/h2-5,7-11,13H,6,12,14-15H2,1H3,(H,22,23). The van der Waals surface area contributed by atoms with E-state index in [1.54, 1.807) is 24.3 Å². The van der Waals surface area contributed by atoms with Gasteiger partial charge in [-0.15, -0.1) is 0 Å². The van der Waals surface area contributed by atoms with Crippen LogP contribution in [-0.4, -0.2) is 26.5 Å². The van der Waals surface area contributed by atoms with Crippen molar-refractivity contribution in [3.63, 3.8) is 0 Å². The van der Waals surface area contributed by atoms with Gasteiger partial charge in [0.05, 0.1) is 0 Å². The van der Waals surface area contributed by atoms with E-state index in [2.05, 4.69) is 5.32 Å². The van der Waals surface area contributed by atoms with Crippen LogP contribution < -0.4 is 10.1 Å². The molecular formula is C20H22FNO4. The molecule has 2 rings (SSSR count). The Bertz CT molecular complexity index is 719. The number of methoxy groups -OCH3 is 1. The van der Waals surface area contributed by atoms with Crippen molar-refractivity contribution in [1.82, 2.24) is 5.32 Å². The number of ether oxygens (including phenoxy) is 3. The second-order valence-corrected chi connectivity index (χ2v) is 5.41. The lowest BCUT2D eigenvalue weighted by atomic mass is 10.2. The maximum Gasteiger partial charge on any atom is 0.407 e. The summed E-state index contributed by atoms with van der Waals surface area (Å²) in [6, 6.07) is 14.0. The second kappa shape index (κ2) is 10.9. The molecule has 0 aliphatic heterocycles. The van der Waals surface area contributed by atoms with Gasteiger partial charge in [0, 0.05) is 25.3 Å². The average Bonchev–Trinajstić information content (AvgIpc) is 2.66. The molecule has 0 saturated heterocycles. The summed E-state index contributed by atoms with van der Waals surface area (Å²) in [6.07, 6.45) is 3.52. The smallest absolute Gasteiger partial charge is 0.407 e. The number of carbonyl (C=O) groups excluding carboxylic acids is 1. The van der Waals surface area contributed by atoms with Gasteiger partial charge in [0.2, 0.25) is 0 Å². The van der Waals surface area contributed by atoms with Crippen molar-refractivity contribution in [2.75, 3.05) is 20.4 Å². The summed E-state index contributed by atoms with van der Waals surface area (Å²) >= 11 is 0. The van der Waals surface area contributed by atoms with Crippen molar-refractivity contribution in [2.45, 2.75) is 13.0 Å². The molecule has 1 amide bonds. The average molecular weight is 359 g/mol. The molecule has 0 aliphatic rings. The maximum absolute atomic E-state index is 13.9. The van der Waals surface area contributed by atoms with Gasteiger partial charge in [0.1, 0.15) is 18.2 Å². The summed E-state index contributed by atoms with van der Waals surface area (Å²) < 4.78 is 28.9. The Morgan fingerprint density at radius 2 is 2.00 bits per heavy atom. The number of rotatable bonds is 9. The van der Waals surface area contributed by atoms with Gasteiger partial charge in [-0.3, -0.25) is 0 Å². The second-order valence-electron chi connectivity index (χ2n) is 5.41. The predicted octanol–water partition coefficient (Wildman–Crippen LogP) is 4.14. The molecule has 138 valence electrons. The van der Waals surface area contributed by atoms with E-state index in [1.807, 2.05) is 30.3 Å². The van der Waals surface area contributed by atoms with E-state index >= 15 is 0 Å². The van der Waals surface area contributed by atoms with Gasteiger partial charge in [-0.1, -0.05) is 42.5 Å². The van der Waals surface area contributed by atoms with E-state index in [1.165, 1.54) is 13.2 Å². The third-order valence-electron chi connectivity index (χ3n) is 3.41. The molecule has 2 aromatic carbocycles. The minimum Gasteiger partial charge on any atom is -0.467 e. The summed E-state index contributed by atoms with van der Waals surface area (Å²) in [5.74, 6) is 0.0226. The van der Waals surface area contributed by atoms with Gasteiger partial charge in [0.25, 0.3) is 0 Å². The molecule has 0 fully saturated rings. The first-order chi connectivity index (χ1) is 12.7. The molecule has 0 bridgehead atoms. The molecule has 0 unspecified atom stereocenters. The van der Waals surface area contributed by atoms with Crippen LogP contribution in [0.15, 0.2) is 54.6 Å². The monoisotopic (exact) mass is 359 g/mol. The zero-order valence-corrected chi connectivity index (χ0v) is 14.6. The Hall–Kier alpha value is -2.86. The van der Waals surface area contributed by atoms with Crippen molar-refractivity contribution < 1.29 is 23.4 Å². The number of halogens is 1. The van der Waals surface area contributed by atoms with Crippen molar-refractivity contribution in [1.29, 1.82) is 0 Å². The summed E-state index contributed by atoms with van der Waals surface area (Å²) in [6.45, 7) is 0.701. The number of benzene rings is 2. The normalized spacial score (nSPS) is 10.7. The lowest BCUT2D eigenvalue weighted by molar-refractivity contribution is 0.0509. The first-order valence-electron chi connectivity index (χ1n) is 8.21. The molecule has 5 nitrogen and oxygen atoms in total. The molecule has 2 aromatic rings. The lowest BCUT2D eigenvalue weighted by Gasteiger charge is -2.06. The summed E-state index contributed by atoms with van der Waals surface area (Å²) in [5.41, 5.74) is 1.37. The Morgan fingerprint density at radius 1 is 1.19 bits per heavy atom. The van der Waals surface area contributed by atoms with Crippen LogP contribution >= 0.6 is 0 Å². The van der Waals surface area contributed by atoms with Crippen LogP contribution in [0.5, 0.6) is 5.75 Å². The van der Waals surface area contributed by atoms with Crippen LogP contribution in [-0.2, 0) is 16.1 Å². The maximum atomic E-state index is 13.9. The Balaban J connectivity index is 1.68. The summed E-state index contributed by atoms with van der Waals surface area (Å²) in [7, 11) is 1.50. The first kappa shape index (κ1) is 19.5. The fourth-order valence-electron chi connectivity index (χ4n) is 2.10. The Morgan fingerprint density at radius 3 is 2.73 bits per heavy atom. The molecule has 0 spiro atoms. The fraction of sp³-hybridized carbons (Fsp3) is 0.250. The number of nitrogens with one attached hydrogen (secondary N) is 1. The van der Waals surface area contributed by atoms with Crippen LogP contribution in [0, 0.1) is 5.82 Å².